The van der Waals surface area contributed by atoms with Gasteiger partial charge in [0.15, 0.2) is 0 Å². The zero-order valence-electron chi connectivity index (χ0n) is 14.0. The molecule has 2 rings (SSSR count). The highest BCUT2D eigenvalue weighted by molar-refractivity contribution is 5.99. The molecule has 4 N–H and O–H groups in total. The van der Waals surface area contributed by atoms with Crippen molar-refractivity contribution in [1.82, 2.24) is 5.32 Å². The molecule has 0 radical (unpaired) electrons. The van der Waals surface area contributed by atoms with E-state index in [4.69, 9.17) is 5.73 Å². The summed E-state index contributed by atoms with van der Waals surface area (Å²) < 4.78 is 0. The molecule has 24 heavy (non-hydrogen) atoms. The van der Waals surface area contributed by atoms with Crippen molar-refractivity contribution in [3.05, 3.63) is 65.2 Å². The molecule has 1 atom stereocenters. The van der Waals surface area contributed by atoms with Crippen molar-refractivity contribution in [1.29, 1.82) is 0 Å². The van der Waals surface area contributed by atoms with Crippen molar-refractivity contribution >= 4 is 17.5 Å². The van der Waals surface area contributed by atoms with Gasteiger partial charge in [-0.15, -0.1) is 0 Å². The predicted molar refractivity (Wildman–Crippen MR) is 95.9 cm³/mol. The summed E-state index contributed by atoms with van der Waals surface area (Å²) in [5, 5.41) is 5.39. The van der Waals surface area contributed by atoms with Crippen LogP contribution in [0.1, 0.15) is 27.9 Å². The fourth-order valence-corrected chi connectivity index (χ4v) is 2.37. The third kappa shape index (κ3) is 4.67. The Morgan fingerprint density at radius 1 is 1.12 bits per heavy atom. The minimum Gasteiger partial charge on any atom is -0.355 e. The maximum Gasteiger partial charge on any atom is 0.251 e. The molecule has 0 aliphatic heterocycles. The quantitative estimate of drug-likeness (QED) is 0.761. The summed E-state index contributed by atoms with van der Waals surface area (Å²) in [5.74, 6) is -0.443. The molecule has 2 amide bonds. The lowest BCUT2D eigenvalue weighted by molar-refractivity contribution is -0.117. The van der Waals surface area contributed by atoms with Crippen LogP contribution in [-0.2, 0) is 11.2 Å². The molecule has 5 heteroatoms. The van der Waals surface area contributed by atoms with Gasteiger partial charge in [-0.3, -0.25) is 9.59 Å². The van der Waals surface area contributed by atoms with Gasteiger partial charge in [0.05, 0.1) is 6.04 Å². The van der Waals surface area contributed by atoms with Gasteiger partial charge in [-0.1, -0.05) is 36.4 Å². The van der Waals surface area contributed by atoms with Crippen molar-refractivity contribution in [2.75, 3.05) is 12.4 Å². The van der Waals surface area contributed by atoms with Crippen molar-refractivity contribution in [2.45, 2.75) is 25.8 Å². The topological polar surface area (TPSA) is 84.2 Å². The second-order valence-electron chi connectivity index (χ2n) is 5.73. The van der Waals surface area contributed by atoms with E-state index < -0.39 is 6.04 Å². The Kier molecular flexibility index (Phi) is 6.09. The molecular formula is C19H23N3O2. The van der Waals surface area contributed by atoms with Crippen LogP contribution >= 0.6 is 0 Å². The number of carbonyl (C=O) groups is 2. The lowest BCUT2D eigenvalue weighted by atomic mass is 10.0. The Bertz CT molecular complexity index is 714. The van der Waals surface area contributed by atoms with Crippen LogP contribution in [0.25, 0.3) is 0 Å². The number of amides is 2. The maximum atomic E-state index is 12.3. The van der Waals surface area contributed by atoms with Crippen LogP contribution in [0.3, 0.4) is 0 Å². The molecule has 0 spiro atoms. The molecule has 2 aromatic rings. The highest BCUT2D eigenvalue weighted by Crippen LogP contribution is 2.17. The smallest absolute Gasteiger partial charge is 0.251 e. The highest BCUT2D eigenvalue weighted by atomic mass is 16.2. The Morgan fingerprint density at radius 3 is 2.50 bits per heavy atom. The summed E-state index contributed by atoms with van der Waals surface area (Å²) in [6.07, 6.45) is 1.30. The Labute approximate surface area is 142 Å². The first-order valence-electron chi connectivity index (χ1n) is 7.94. The molecule has 0 bridgehead atoms. The van der Waals surface area contributed by atoms with Gasteiger partial charge < -0.3 is 16.4 Å². The first kappa shape index (κ1) is 17.7. The number of hydrogen-bond acceptors (Lipinski definition) is 3. The van der Waals surface area contributed by atoms with Crippen LogP contribution in [-0.4, -0.2) is 24.9 Å². The third-order valence-electron chi connectivity index (χ3n) is 3.91. The number of anilines is 1. The molecule has 2 aromatic carbocycles. The van der Waals surface area contributed by atoms with E-state index in [1.807, 2.05) is 37.3 Å². The number of benzene rings is 2. The zero-order chi connectivity index (χ0) is 17.5. The van der Waals surface area contributed by atoms with E-state index in [1.165, 1.54) is 0 Å². The fraction of sp³-hybridized carbons (Fsp3) is 0.263. The number of hydrogen-bond donors (Lipinski definition) is 3. The molecule has 0 heterocycles. The van der Waals surface area contributed by atoms with Crippen molar-refractivity contribution in [3.63, 3.8) is 0 Å². The van der Waals surface area contributed by atoms with Gasteiger partial charge in [-0.25, -0.2) is 0 Å². The molecule has 0 unspecified atom stereocenters. The van der Waals surface area contributed by atoms with E-state index in [0.29, 0.717) is 17.7 Å². The van der Waals surface area contributed by atoms with Crippen LogP contribution in [0.2, 0.25) is 0 Å². The van der Waals surface area contributed by atoms with Gasteiger partial charge in [0.25, 0.3) is 5.91 Å². The molecule has 0 saturated heterocycles. The minimum atomic E-state index is -0.603. The summed E-state index contributed by atoms with van der Waals surface area (Å²) >= 11 is 0. The summed E-state index contributed by atoms with van der Waals surface area (Å²) in [7, 11) is 1.57. The van der Waals surface area contributed by atoms with E-state index in [9.17, 15) is 9.59 Å². The number of aryl methyl sites for hydroxylation is 2. The van der Waals surface area contributed by atoms with Gasteiger partial charge in [0.1, 0.15) is 0 Å². The van der Waals surface area contributed by atoms with Crippen molar-refractivity contribution < 1.29 is 9.59 Å². The summed E-state index contributed by atoms with van der Waals surface area (Å²) in [4.78, 5) is 24.0. The second kappa shape index (κ2) is 8.26. The van der Waals surface area contributed by atoms with Gasteiger partial charge in [-0.2, -0.15) is 0 Å². The molecule has 126 valence electrons. The highest BCUT2D eigenvalue weighted by Gasteiger charge is 2.15. The van der Waals surface area contributed by atoms with Crippen LogP contribution < -0.4 is 16.4 Å². The second-order valence-corrected chi connectivity index (χ2v) is 5.73. The maximum absolute atomic E-state index is 12.3. The predicted octanol–water partition coefficient (Wildman–Crippen LogP) is 2.25. The van der Waals surface area contributed by atoms with Gasteiger partial charge >= 0.3 is 0 Å². The standard InChI is InChI=1S/C19H23N3O2/c1-13-8-10-15(18(23)21-2)12-17(13)22-19(24)16(20)11-9-14-6-4-3-5-7-14/h3-8,10,12,16H,9,11,20H2,1-2H3,(H,21,23)(H,22,24)/t16-/m1/s1. The molecule has 0 aliphatic rings. The Balaban J connectivity index is 1.99. The number of rotatable bonds is 6. The monoisotopic (exact) mass is 325 g/mol. The molecule has 0 fully saturated rings. The zero-order valence-corrected chi connectivity index (χ0v) is 14.0. The van der Waals surface area contributed by atoms with Gasteiger partial charge in [-0.05, 0) is 43.0 Å². The van der Waals surface area contributed by atoms with Crippen LogP contribution in [0, 0.1) is 6.92 Å². The van der Waals surface area contributed by atoms with E-state index in [0.717, 1.165) is 17.5 Å². The minimum absolute atomic E-state index is 0.195. The van der Waals surface area contributed by atoms with E-state index in [-0.39, 0.29) is 11.8 Å². The van der Waals surface area contributed by atoms with E-state index in [1.54, 1.807) is 25.2 Å². The van der Waals surface area contributed by atoms with Crippen molar-refractivity contribution in [3.8, 4) is 0 Å². The first-order chi connectivity index (χ1) is 11.5. The first-order valence-corrected chi connectivity index (χ1v) is 7.94. The van der Waals surface area contributed by atoms with Crippen LogP contribution in [0.5, 0.6) is 0 Å². The third-order valence-corrected chi connectivity index (χ3v) is 3.91. The van der Waals surface area contributed by atoms with Gasteiger partial charge in [0, 0.05) is 18.3 Å². The number of nitrogens with two attached hydrogens (primary N) is 1. The summed E-state index contributed by atoms with van der Waals surface area (Å²) in [6, 6.07) is 14.5. The SMILES string of the molecule is CNC(=O)c1ccc(C)c(NC(=O)[C@H](N)CCc2ccccc2)c1. The molecule has 0 saturated carbocycles. The fourth-order valence-electron chi connectivity index (χ4n) is 2.37. The van der Waals surface area contributed by atoms with Gasteiger partial charge in [0.2, 0.25) is 5.91 Å². The molecular weight excluding hydrogens is 302 g/mol. The number of carbonyl (C=O) groups excluding carboxylic acids is 2. The Morgan fingerprint density at radius 2 is 1.83 bits per heavy atom. The summed E-state index contributed by atoms with van der Waals surface area (Å²) in [6.45, 7) is 1.87. The molecule has 5 nitrogen and oxygen atoms in total. The summed E-state index contributed by atoms with van der Waals surface area (Å²) in [5.41, 5.74) is 9.13. The van der Waals surface area contributed by atoms with Crippen LogP contribution in [0.4, 0.5) is 5.69 Å². The lowest BCUT2D eigenvalue weighted by Gasteiger charge is -2.14. The number of nitrogens with one attached hydrogen (secondary N) is 2. The molecule has 0 aliphatic carbocycles. The largest absolute Gasteiger partial charge is 0.355 e. The van der Waals surface area contributed by atoms with Crippen molar-refractivity contribution in [2.24, 2.45) is 5.73 Å². The lowest BCUT2D eigenvalue weighted by Crippen LogP contribution is -2.36. The van der Waals surface area contributed by atoms with Crippen LogP contribution in [0.15, 0.2) is 48.5 Å². The average molecular weight is 325 g/mol. The van der Waals surface area contributed by atoms with E-state index in [2.05, 4.69) is 10.6 Å². The molecule has 0 aromatic heterocycles. The average Bonchev–Trinajstić information content (AvgIpc) is 2.61. The Hall–Kier alpha value is -2.66. The normalized spacial score (nSPS) is 11.6. The van der Waals surface area contributed by atoms with E-state index >= 15 is 0 Å².